The number of hydrogen-bond acceptors (Lipinski definition) is 6. The van der Waals surface area contributed by atoms with Crippen molar-refractivity contribution in [2.75, 3.05) is 18.7 Å². The Morgan fingerprint density at radius 3 is 2.92 bits per heavy atom. The van der Waals surface area contributed by atoms with Gasteiger partial charge in [-0.25, -0.2) is 4.98 Å². The minimum atomic E-state index is -0.0845. The molecular formula is C19H17N3O2S2. The molecule has 0 radical (unpaired) electrons. The van der Waals surface area contributed by atoms with Gasteiger partial charge in [0.15, 0.2) is 4.34 Å². The van der Waals surface area contributed by atoms with Gasteiger partial charge in [0.25, 0.3) is 5.56 Å². The molecular weight excluding hydrogens is 366 g/mol. The first kappa shape index (κ1) is 16.9. The van der Waals surface area contributed by atoms with Crippen LogP contribution in [0.2, 0.25) is 0 Å². The highest BCUT2D eigenvalue weighted by Crippen LogP contribution is 2.30. The van der Waals surface area contributed by atoms with Crippen molar-refractivity contribution in [3.8, 4) is 5.75 Å². The van der Waals surface area contributed by atoms with Gasteiger partial charge < -0.3 is 15.0 Å². The third kappa shape index (κ3) is 3.27. The number of benzene rings is 2. The maximum absolute atomic E-state index is 12.3. The van der Waals surface area contributed by atoms with Crippen molar-refractivity contribution in [1.29, 1.82) is 0 Å². The average Bonchev–Trinajstić information content (AvgIpc) is 3.08. The van der Waals surface area contributed by atoms with Crippen LogP contribution in [-0.4, -0.2) is 23.3 Å². The third-order valence-corrected chi connectivity index (χ3v) is 6.16. The summed E-state index contributed by atoms with van der Waals surface area (Å²) in [6.45, 7) is 0.447. The minimum Gasteiger partial charge on any atom is -0.497 e. The molecule has 26 heavy (non-hydrogen) atoms. The van der Waals surface area contributed by atoms with E-state index in [4.69, 9.17) is 4.74 Å². The lowest BCUT2D eigenvalue weighted by Crippen LogP contribution is -2.15. The van der Waals surface area contributed by atoms with Gasteiger partial charge in [-0.2, -0.15) is 0 Å². The first-order valence-corrected chi connectivity index (χ1v) is 10.1. The molecule has 7 heteroatoms. The van der Waals surface area contributed by atoms with Crippen LogP contribution in [0.15, 0.2) is 51.6 Å². The molecule has 2 heterocycles. The average molecular weight is 383 g/mol. The van der Waals surface area contributed by atoms with Crippen LogP contribution in [0.25, 0.3) is 21.1 Å². The molecule has 0 amide bonds. The van der Waals surface area contributed by atoms with Crippen LogP contribution in [0.5, 0.6) is 5.75 Å². The minimum absolute atomic E-state index is 0.0845. The lowest BCUT2D eigenvalue weighted by molar-refractivity contribution is 0.415. The zero-order chi connectivity index (χ0) is 18.1. The maximum Gasteiger partial charge on any atom is 0.253 e. The molecule has 0 aliphatic carbocycles. The van der Waals surface area contributed by atoms with E-state index in [0.717, 1.165) is 36.9 Å². The number of aromatic amines is 1. The zero-order valence-corrected chi connectivity index (χ0v) is 16.0. The van der Waals surface area contributed by atoms with Crippen LogP contribution in [0.1, 0.15) is 5.56 Å². The monoisotopic (exact) mass is 383 g/mol. The van der Waals surface area contributed by atoms with E-state index in [1.807, 2.05) is 42.7 Å². The second-order valence-corrected chi connectivity index (χ2v) is 7.88. The predicted molar refractivity (Wildman–Crippen MR) is 110 cm³/mol. The number of fused-ring (bicyclic) bond motifs is 2. The first-order valence-electron chi connectivity index (χ1n) is 8.04. The molecule has 0 spiro atoms. The Labute approximate surface area is 158 Å². The van der Waals surface area contributed by atoms with Gasteiger partial charge in [-0.15, -0.1) is 11.3 Å². The SMILES string of the molecule is COc1ccc2[nH]c(=O)c(CNc3ccc4nc(SC)sc4c3)cc2c1. The van der Waals surface area contributed by atoms with Crippen molar-refractivity contribution < 1.29 is 4.74 Å². The molecule has 0 atom stereocenters. The lowest BCUT2D eigenvalue weighted by atomic mass is 10.1. The molecule has 4 rings (SSSR count). The second-order valence-electron chi connectivity index (χ2n) is 5.80. The summed E-state index contributed by atoms with van der Waals surface area (Å²) in [5, 5.41) is 4.28. The summed E-state index contributed by atoms with van der Waals surface area (Å²) in [6, 6.07) is 13.6. The molecule has 2 aromatic carbocycles. The van der Waals surface area contributed by atoms with Gasteiger partial charge >= 0.3 is 0 Å². The number of rotatable bonds is 5. The Kier molecular flexibility index (Phi) is 4.57. The Morgan fingerprint density at radius 2 is 2.12 bits per heavy atom. The van der Waals surface area contributed by atoms with Gasteiger partial charge in [0, 0.05) is 28.7 Å². The van der Waals surface area contributed by atoms with Gasteiger partial charge in [-0.1, -0.05) is 11.8 Å². The van der Waals surface area contributed by atoms with Crippen molar-refractivity contribution in [3.05, 3.63) is 58.4 Å². The smallest absolute Gasteiger partial charge is 0.253 e. The van der Waals surface area contributed by atoms with Crippen LogP contribution in [0.3, 0.4) is 0 Å². The molecule has 2 N–H and O–H groups in total. The zero-order valence-electron chi connectivity index (χ0n) is 14.3. The molecule has 0 bridgehead atoms. The normalized spacial score (nSPS) is 11.2. The van der Waals surface area contributed by atoms with E-state index in [0.29, 0.717) is 12.1 Å². The molecule has 0 aliphatic rings. The number of methoxy groups -OCH3 is 1. The highest BCUT2D eigenvalue weighted by atomic mass is 32.2. The largest absolute Gasteiger partial charge is 0.497 e. The molecule has 0 fully saturated rings. The number of anilines is 1. The summed E-state index contributed by atoms with van der Waals surface area (Å²) in [5.41, 5.74) is 3.37. The number of pyridine rings is 1. The van der Waals surface area contributed by atoms with Crippen molar-refractivity contribution in [3.63, 3.8) is 0 Å². The molecule has 0 saturated carbocycles. The van der Waals surface area contributed by atoms with E-state index in [2.05, 4.69) is 21.4 Å². The predicted octanol–water partition coefficient (Wildman–Crippen LogP) is 4.48. The second kappa shape index (κ2) is 7.01. The number of thioether (sulfide) groups is 1. The summed E-state index contributed by atoms with van der Waals surface area (Å²) in [7, 11) is 1.63. The van der Waals surface area contributed by atoms with Gasteiger partial charge in [-0.05, 0) is 48.7 Å². The van der Waals surface area contributed by atoms with E-state index < -0.39 is 0 Å². The van der Waals surface area contributed by atoms with E-state index in [1.54, 1.807) is 30.2 Å². The van der Waals surface area contributed by atoms with E-state index in [1.165, 1.54) is 0 Å². The Hall–Kier alpha value is -2.51. The number of nitrogens with zero attached hydrogens (tertiary/aromatic N) is 1. The number of H-pyrrole nitrogens is 1. The fraction of sp³-hybridized carbons (Fsp3) is 0.158. The standard InChI is InChI=1S/C19H17N3O2S2/c1-24-14-4-6-15-11(8-14)7-12(18(23)21-15)10-20-13-3-5-16-17(9-13)26-19(22-16)25-2/h3-9,20H,10H2,1-2H3,(H,21,23). The van der Waals surface area contributed by atoms with Gasteiger partial charge in [0.2, 0.25) is 0 Å². The van der Waals surface area contributed by atoms with Crippen molar-refractivity contribution in [2.45, 2.75) is 10.9 Å². The highest BCUT2D eigenvalue weighted by molar-refractivity contribution is 8.00. The van der Waals surface area contributed by atoms with Crippen molar-refractivity contribution in [2.24, 2.45) is 0 Å². The highest BCUT2D eigenvalue weighted by Gasteiger charge is 2.06. The van der Waals surface area contributed by atoms with Gasteiger partial charge in [0.05, 0.1) is 17.3 Å². The molecule has 0 saturated heterocycles. The van der Waals surface area contributed by atoms with Crippen LogP contribution in [0.4, 0.5) is 5.69 Å². The Balaban J connectivity index is 1.60. The number of thiazole rings is 1. The molecule has 5 nitrogen and oxygen atoms in total. The number of ether oxygens (including phenoxy) is 1. The lowest BCUT2D eigenvalue weighted by Gasteiger charge is -2.08. The summed E-state index contributed by atoms with van der Waals surface area (Å²) in [5.74, 6) is 0.767. The van der Waals surface area contributed by atoms with E-state index >= 15 is 0 Å². The summed E-state index contributed by atoms with van der Waals surface area (Å²) >= 11 is 3.32. The van der Waals surface area contributed by atoms with Crippen molar-refractivity contribution >= 4 is 49.9 Å². The number of nitrogens with one attached hydrogen (secondary N) is 2. The third-order valence-electron chi connectivity index (χ3n) is 4.15. The fourth-order valence-electron chi connectivity index (χ4n) is 2.79. The molecule has 4 aromatic rings. The van der Waals surface area contributed by atoms with Crippen LogP contribution >= 0.6 is 23.1 Å². The number of hydrogen-bond donors (Lipinski definition) is 2. The molecule has 132 valence electrons. The summed E-state index contributed by atoms with van der Waals surface area (Å²) in [4.78, 5) is 19.8. The maximum atomic E-state index is 12.3. The van der Waals surface area contributed by atoms with Crippen LogP contribution in [-0.2, 0) is 6.54 Å². The molecule has 2 aromatic heterocycles. The fourth-order valence-corrected chi connectivity index (χ4v) is 4.31. The van der Waals surface area contributed by atoms with Crippen LogP contribution in [0, 0.1) is 0 Å². The van der Waals surface area contributed by atoms with Gasteiger partial charge in [0.1, 0.15) is 5.75 Å². The Morgan fingerprint density at radius 1 is 1.23 bits per heavy atom. The van der Waals surface area contributed by atoms with Gasteiger partial charge in [-0.3, -0.25) is 4.79 Å². The summed E-state index contributed by atoms with van der Waals surface area (Å²) in [6.07, 6.45) is 2.03. The Bertz CT molecular complexity index is 1150. The quantitative estimate of drug-likeness (QED) is 0.497. The molecule has 0 aliphatic heterocycles. The van der Waals surface area contributed by atoms with Crippen molar-refractivity contribution in [1.82, 2.24) is 9.97 Å². The number of aromatic nitrogens is 2. The van der Waals surface area contributed by atoms with E-state index in [-0.39, 0.29) is 5.56 Å². The topological polar surface area (TPSA) is 67.0 Å². The van der Waals surface area contributed by atoms with Crippen LogP contribution < -0.4 is 15.6 Å². The molecule has 0 unspecified atom stereocenters. The first-order chi connectivity index (χ1) is 12.7. The summed E-state index contributed by atoms with van der Waals surface area (Å²) < 4.78 is 7.45. The van der Waals surface area contributed by atoms with E-state index in [9.17, 15) is 4.79 Å².